The maximum Gasteiger partial charge on any atom is 0.00434 e. The number of hydrogen-bond donors (Lipinski definition) is 2. The Bertz CT molecular complexity index is 422. The molecule has 0 aliphatic rings. The Balaban J connectivity index is 2.80. The molecular formula is C17H30N2. The van der Waals surface area contributed by atoms with E-state index in [0.717, 1.165) is 19.6 Å². The van der Waals surface area contributed by atoms with Gasteiger partial charge in [0.2, 0.25) is 0 Å². The van der Waals surface area contributed by atoms with Crippen molar-refractivity contribution in [2.75, 3.05) is 19.6 Å². The Morgan fingerprint density at radius 3 is 2.37 bits per heavy atom. The molecule has 1 rings (SSSR count). The van der Waals surface area contributed by atoms with Gasteiger partial charge >= 0.3 is 0 Å². The van der Waals surface area contributed by atoms with E-state index in [-0.39, 0.29) is 5.41 Å². The van der Waals surface area contributed by atoms with Crippen LogP contribution in [0.4, 0.5) is 0 Å². The van der Waals surface area contributed by atoms with E-state index in [0.29, 0.717) is 5.92 Å². The number of rotatable bonds is 6. The molecule has 1 aromatic carbocycles. The van der Waals surface area contributed by atoms with Crippen LogP contribution < -0.4 is 11.1 Å². The van der Waals surface area contributed by atoms with Crippen LogP contribution in [0, 0.1) is 26.7 Å². The minimum Gasteiger partial charge on any atom is -0.330 e. The van der Waals surface area contributed by atoms with Gasteiger partial charge in [-0.05, 0) is 62.0 Å². The third kappa shape index (κ3) is 4.05. The lowest BCUT2D eigenvalue weighted by Crippen LogP contribution is -2.37. The van der Waals surface area contributed by atoms with Gasteiger partial charge in [0.1, 0.15) is 0 Å². The first kappa shape index (κ1) is 16.2. The highest BCUT2D eigenvalue weighted by Gasteiger charge is 2.23. The van der Waals surface area contributed by atoms with Crippen molar-refractivity contribution in [1.29, 1.82) is 0 Å². The zero-order valence-corrected chi connectivity index (χ0v) is 13.4. The zero-order valence-electron chi connectivity index (χ0n) is 13.4. The minimum atomic E-state index is 0.150. The van der Waals surface area contributed by atoms with E-state index in [4.69, 9.17) is 5.73 Å². The second-order valence-corrected chi connectivity index (χ2v) is 6.54. The van der Waals surface area contributed by atoms with Gasteiger partial charge < -0.3 is 11.1 Å². The quantitative estimate of drug-likeness (QED) is 0.827. The lowest BCUT2D eigenvalue weighted by atomic mass is 9.80. The predicted octanol–water partition coefficient (Wildman–Crippen LogP) is 3.07. The Morgan fingerprint density at radius 2 is 1.79 bits per heavy atom. The second-order valence-electron chi connectivity index (χ2n) is 6.54. The van der Waals surface area contributed by atoms with Crippen molar-refractivity contribution in [2.45, 2.75) is 47.0 Å². The van der Waals surface area contributed by atoms with Gasteiger partial charge in [0.25, 0.3) is 0 Å². The molecule has 0 fully saturated rings. The maximum atomic E-state index is 5.65. The van der Waals surface area contributed by atoms with Crippen molar-refractivity contribution < 1.29 is 0 Å². The highest BCUT2D eigenvalue weighted by molar-refractivity contribution is 5.42. The van der Waals surface area contributed by atoms with Crippen LogP contribution in [0.2, 0.25) is 0 Å². The van der Waals surface area contributed by atoms with Gasteiger partial charge in [0, 0.05) is 12.0 Å². The summed E-state index contributed by atoms with van der Waals surface area (Å²) in [6, 6.07) is 4.52. The molecule has 0 aliphatic carbocycles. The van der Waals surface area contributed by atoms with Gasteiger partial charge in [-0.25, -0.2) is 0 Å². The molecule has 108 valence electrons. The average Bonchev–Trinajstić information content (AvgIpc) is 2.35. The summed E-state index contributed by atoms with van der Waals surface area (Å²) in [6.45, 7) is 16.2. The van der Waals surface area contributed by atoms with Crippen LogP contribution in [-0.2, 0) is 5.41 Å². The maximum absolute atomic E-state index is 5.65. The van der Waals surface area contributed by atoms with Crippen molar-refractivity contribution in [3.05, 3.63) is 34.4 Å². The number of aryl methyl sites for hydroxylation is 1. The number of nitrogens with two attached hydrogens (primary N) is 1. The highest BCUT2D eigenvalue weighted by Crippen LogP contribution is 2.28. The molecule has 0 aliphatic heterocycles. The second kappa shape index (κ2) is 6.53. The lowest BCUT2D eigenvalue weighted by Gasteiger charge is -2.29. The third-order valence-corrected chi connectivity index (χ3v) is 4.25. The monoisotopic (exact) mass is 262 g/mol. The molecule has 0 amide bonds. The molecule has 0 heterocycles. The van der Waals surface area contributed by atoms with Gasteiger partial charge in [0.15, 0.2) is 0 Å². The minimum absolute atomic E-state index is 0.150. The van der Waals surface area contributed by atoms with E-state index in [1.165, 1.54) is 22.3 Å². The van der Waals surface area contributed by atoms with Gasteiger partial charge in [-0.15, -0.1) is 0 Å². The molecular weight excluding hydrogens is 232 g/mol. The van der Waals surface area contributed by atoms with Gasteiger partial charge in [0.05, 0.1) is 0 Å². The standard InChI is InChI=1S/C17H30N2/c1-12(9-18)10-19-11-17(5,6)16-8-7-13(2)14(3)15(16)4/h7-8,12,19H,9-11,18H2,1-6H3. The molecule has 3 N–H and O–H groups in total. The van der Waals surface area contributed by atoms with Gasteiger partial charge in [-0.1, -0.05) is 32.9 Å². The van der Waals surface area contributed by atoms with E-state index >= 15 is 0 Å². The van der Waals surface area contributed by atoms with Crippen molar-refractivity contribution in [3.8, 4) is 0 Å². The van der Waals surface area contributed by atoms with Crippen molar-refractivity contribution >= 4 is 0 Å². The Morgan fingerprint density at radius 1 is 1.16 bits per heavy atom. The van der Waals surface area contributed by atoms with E-state index in [1.807, 2.05) is 0 Å². The Labute approximate surface area is 118 Å². The number of nitrogens with one attached hydrogen (secondary N) is 1. The summed E-state index contributed by atoms with van der Waals surface area (Å²) < 4.78 is 0. The normalized spacial score (nSPS) is 13.6. The first-order chi connectivity index (χ1) is 8.79. The SMILES string of the molecule is Cc1ccc(C(C)(C)CNCC(C)CN)c(C)c1C. The van der Waals surface area contributed by atoms with Crippen molar-refractivity contribution in [1.82, 2.24) is 5.32 Å². The predicted molar refractivity (Wildman–Crippen MR) is 84.8 cm³/mol. The highest BCUT2D eigenvalue weighted by atomic mass is 14.9. The van der Waals surface area contributed by atoms with Crippen molar-refractivity contribution in [3.63, 3.8) is 0 Å². The summed E-state index contributed by atoms with van der Waals surface area (Å²) in [5.74, 6) is 0.539. The van der Waals surface area contributed by atoms with Gasteiger partial charge in [-0.3, -0.25) is 0 Å². The summed E-state index contributed by atoms with van der Waals surface area (Å²) in [6.07, 6.45) is 0. The van der Waals surface area contributed by atoms with Crippen LogP contribution in [0.25, 0.3) is 0 Å². The lowest BCUT2D eigenvalue weighted by molar-refractivity contribution is 0.433. The summed E-state index contributed by atoms with van der Waals surface area (Å²) in [5.41, 5.74) is 11.5. The Hall–Kier alpha value is -0.860. The molecule has 0 aromatic heterocycles. The van der Waals surface area contributed by atoms with Crippen LogP contribution in [0.1, 0.15) is 43.0 Å². The fraction of sp³-hybridized carbons (Fsp3) is 0.647. The zero-order chi connectivity index (χ0) is 14.6. The van der Waals surface area contributed by atoms with Crippen LogP contribution in [0.5, 0.6) is 0 Å². The topological polar surface area (TPSA) is 38.0 Å². The van der Waals surface area contributed by atoms with Crippen LogP contribution in [-0.4, -0.2) is 19.6 Å². The molecule has 0 radical (unpaired) electrons. The van der Waals surface area contributed by atoms with E-state index in [9.17, 15) is 0 Å². The van der Waals surface area contributed by atoms with Crippen LogP contribution in [0.15, 0.2) is 12.1 Å². The Kier molecular flexibility index (Phi) is 5.57. The molecule has 19 heavy (non-hydrogen) atoms. The molecule has 0 bridgehead atoms. The first-order valence-electron chi connectivity index (χ1n) is 7.27. The molecule has 1 atom stereocenters. The van der Waals surface area contributed by atoms with E-state index in [1.54, 1.807) is 0 Å². The average molecular weight is 262 g/mol. The molecule has 2 heteroatoms. The molecule has 0 saturated heterocycles. The van der Waals surface area contributed by atoms with Gasteiger partial charge in [-0.2, -0.15) is 0 Å². The summed E-state index contributed by atoms with van der Waals surface area (Å²) in [5, 5.41) is 3.56. The molecule has 1 aromatic rings. The van der Waals surface area contributed by atoms with E-state index in [2.05, 4.69) is 59.0 Å². The molecule has 0 saturated carbocycles. The summed E-state index contributed by atoms with van der Waals surface area (Å²) in [4.78, 5) is 0. The summed E-state index contributed by atoms with van der Waals surface area (Å²) in [7, 11) is 0. The third-order valence-electron chi connectivity index (χ3n) is 4.25. The van der Waals surface area contributed by atoms with Crippen LogP contribution in [0.3, 0.4) is 0 Å². The fourth-order valence-electron chi connectivity index (χ4n) is 2.50. The number of hydrogen-bond acceptors (Lipinski definition) is 2. The van der Waals surface area contributed by atoms with E-state index < -0.39 is 0 Å². The summed E-state index contributed by atoms with van der Waals surface area (Å²) >= 11 is 0. The molecule has 0 spiro atoms. The van der Waals surface area contributed by atoms with Crippen molar-refractivity contribution in [2.24, 2.45) is 11.7 Å². The smallest absolute Gasteiger partial charge is 0.00434 e. The molecule has 2 nitrogen and oxygen atoms in total. The number of benzene rings is 1. The molecule has 1 unspecified atom stereocenters. The largest absolute Gasteiger partial charge is 0.330 e. The first-order valence-corrected chi connectivity index (χ1v) is 7.27. The fourth-order valence-corrected chi connectivity index (χ4v) is 2.50. The van der Waals surface area contributed by atoms with Crippen LogP contribution >= 0.6 is 0 Å².